The number of nitrogens with zero attached hydrogens (tertiary/aromatic N) is 2. The minimum atomic E-state index is -1.01. The van der Waals surface area contributed by atoms with Crippen LogP contribution < -0.4 is 5.01 Å². The van der Waals surface area contributed by atoms with Crippen LogP contribution in [0.25, 0.3) is 0 Å². The molecule has 2 atom stereocenters. The van der Waals surface area contributed by atoms with Crippen LogP contribution >= 0.6 is 27.5 Å². The third kappa shape index (κ3) is 2.99. The maximum atomic E-state index is 11.5. The molecule has 0 aromatic heterocycles. The monoisotopic (exact) mass is 392 g/mol. The standard InChI is InChI=1S/C17H14BrClN2O2/c1-10-15(17(22)23)20-21(14-5-3-2-4-13(14)19)16(10)11-6-8-12(18)9-7-11/h2-10,16H,1H3,(H,22,23)/t10-,16-/m0/s1. The molecule has 0 saturated carbocycles. The number of carboxylic acid groups (broad SMARTS) is 1. The van der Waals surface area contributed by atoms with E-state index < -0.39 is 5.97 Å². The molecule has 0 amide bonds. The Labute approximate surface area is 147 Å². The van der Waals surface area contributed by atoms with E-state index in [1.54, 1.807) is 11.1 Å². The topological polar surface area (TPSA) is 52.9 Å². The van der Waals surface area contributed by atoms with Crippen LogP contribution in [0.1, 0.15) is 18.5 Å². The third-order valence-electron chi connectivity index (χ3n) is 3.91. The normalized spacial score (nSPS) is 20.5. The van der Waals surface area contributed by atoms with Gasteiger partial charge < -0.3 is 5.11 Å². The fraction of sp³-hybridized carbons (Fsp3) is 0.176. The van der Waals surface area contributed by atoms with E-state index in [-0.39, 0.29) is 17.7 Å². The van der Waals surface area contributed by atoms with Crippen LogP contribution in [-0.2, 0) is 4.79 Å². The van der Waals surface area contributed by atoms with Gasteiger partial charge in [-0.25, -0.2) is 4.79 Å². The molecule has 0 aliphatic carbocycles. The molecule has 1 heterocycles. The van der Waals surface area contributed by atoms with Crippen molar-refractivity contribution >= 4 is 44.9 Å². The third-order valence-corrected chi connectivity index (χ3v) is 4.76. The van der Waals surface area contributed by atoms with E-state index in [4.69, 9.17) is 11.6 Å². The lowest BCUT2D eigenvalue weighted by Gasteiger charge is -2.27. The Morgan fingerprint density at radius 2 is 1.87 bits per heavy atom. The molecule has 0 spiro atoms. The van der Waals surface area contributed by atoms with E-state index in [9.17, 15) is 9.90 Å². The Balaban J connectivity index is 2.10. The highest BCUT2D eigenvalue weighted by Gasteiger charge is 2.39. The fourth-order valence-electron chi connectivity index (χ4n) is 2.80. The highest BCUT2D eigenvalue weighted by Crippen LogP contribution is 2.41. The summed E-state index contributed by atoms with van der Waals surface area (Å²) in [5, 5.41) is 16.0. The van der Waals surface area contributed by atoms with Gasteiger partial charge in [0, 0.05) is 10.4 Å². The lowest BCUT2D eigenvalue weighted by molar-refractivity contribution is -0.129. The van der Waals surface area contributed by atoms with Crippen molar-refractivity contribution in [2.45, 2.75) is 13.0 Å². The summed E-state index contributed by atoms with van der Waals surface area (Å²) in [6.07, 6.45) is 0. The smallest absolute Gasteiger partial charge is 0.352 e. The van der Waals surface area contributed by atoms with Crippen LogP contribution in [0, 0.1) is 5.92 Å². The van der Waals surface area contributed by atoms with Crippen LogP contribution in [0.15, 0.2) is 58.1 Å². The van der Waals surface area contributed by atoms with Gasteiger partial charge in [-0.05, 0) is 29.8 Å². The van der Waals surface area contributed by atoms with Crippen LogP contribution in [0.4, 0.5) is 5.69 Å². The highest BCUT2D eigenvalue weighted by atomic mass is 79.9. The largest absolute Gasteiger partial charge is 0.477 e. The average Bonchev–Trinajstić information content (AvgIpc) is 2.86. The van der Waals surface area contributed by atoms with Crippen molar-refractivity contribution in [2.75, 3.05) is 5.01 Å². The summed E-state index contributed by atoms with van der Waals surface area (Å²) in [5.74, 6) is -1.26. The van der Waals surface area contributed by atoms with Crippen molar-refractivity contribution in [3.8, 4) is 0 Å². The Hall–Kier alpha value is -1.85. The van der Waals surface area contributed by atoms with Crippen molar-refractivity contribution in [1.29, 1.82) is 0 Å². The zero-order valence-electron chi connectivity index (χ0n) is 12.3. The van der Waals surface area contributed by atoms with Crippen molar-refractivity contribution < 1.29 is 9.90 Å². The molecule has 0 radical (unpaired) electrons. The van der Waals surface area contributed by atoms with Crippen LogP contribution in [0.5, 0.6) is 0 Å². The van der Waals surface area contributed by atoms with E-state index in [2.05, 4.69) is 21.0 Å². The number of halogens is 2. The Bertz CT molecular complexity index is 776. The molecule has 0 bridgehead atoms. The average molecular weight is 394 g/mol. The number of hydrazone groups is 1. The zero-order chi connectivity index (χ0) is 16.6. The summed E-state index contributed by atoms with van der Waals surface area (Å²) < 4.78 is 0.968. The molecule has 118 valence electrons. The van der Waals surface area contributed by atoms with E-state index in [1.165, 1.54) is 0 Å². The highest BCUT2D eigenvalue weighted by molar-refractivity contribution is 9.10. The van der Waals surface area contributed by atoms with Crippen molar-refractivity contribution in [2.24, 2.45) is 11.0 Å². The molecular formula is C17H14BrClN2O2. The van der Waals surface area contributed by atoms with E-state index in [1.807, 2.05) is 49.4 Å². The second-order valence-corrected chi connectivity index (χ2v) is 6.69. The molecule has 3 rings (SSSR count). The number of carboxylic acids is 1. The van der Waals surface area contributed by atoms with Crippen molar-refractivity contribution in [1.82, 2.24) is 0 Å². The lowest BCUT2D eigenvalue weighted by atomic mass is 9.91. The van der Waals surface area contributed by atoms with Crippen LogP contribution in [0.3, 0.4) is 0 Å². The SMILES string of the molecule is C[C@H]1C(C(=O)O)=NN(c2ccccc2Cl)[C@@H]1c1ccc(Br)cc1. The van der Waals surface area contributed by atoms with Gasteiger partial charge >= 0.3 is 5.97 Å². The minimum Gasteiger partial charge on any atom is -0.477 e. The summed E-state index contributed by atoms with van der Waals surface area (Å²) in [4.78, 5) is 11.5. The number of benzene rings is 2. The summed E-state index contributed by atoms with van der Waals surface area (Å²) in [6.45, 7) is 1.87. The minimum absolute atomic E-state index is 0.137. The van der Waals surface area contributed by atoms with E-state index in [0.29, 0.717) is 10.7 Å². The lowest BCUT2D eigenvalue weighted by Crippen LogP contribution is -2.26. The maximum Gasteiger partial charge on any atom is 0.352 e. The molecule has 2 aromatic rings. The Kier molecular flexibility index (Phi) is 4.41. The quantitative estimate of drug-likeness (QED) is 0.819. The number of hydrogen-bond acceptors (Lipinski definition) is 3. The first-order chi connectivity index (χ1) is 11.0. The summed E-state index contributed by atoms with van der Waals surface area (Å²) in [5.41, 5.74) is 1.82. The van der Waals surface area contributed by atoms with Gasteiger partial charge in [-0.15, -0.1) is 0 Å². The number of carbonyl (C=O) groups is 1. The van der Waals surface area contributed by atoms with Crippen LogP contribution in [-0.4, -0.2) is 16.8 Å². The van der Waals surface area contributed by atoms with Crippen LogP contribution in [0.2, 0.25) is 5.02 Å². The molecule has 0 fully saturated rings. The predicted octanol–water partition coefficient (Wildman–Crippen LogP) is 4.74. The second kappa shape index (κ2) is 6.34. The molecular weight excluding hydrogens is 380 g/mol. The van der Waals surface area contributed by atoms with E-state index in [0.717, 1.165) is 10.0 Å². The first-order valence-electron chi connectivity index (χ1n) is 7.10. The predicted molar refractivity (Wildman–Crippen MR) is 95.0 cm³/mol. The van der Waals surface area contributed by atoms with Gasteiger partial charge in [-0.2, -0.15) is 5.10 Å². The zero-order valence-corrected chi connectivity index (χ0v) is 14.6. The van der Waals surface area contributed by atoms with Gasteiger partial charge in [0.15, 0.2) is 5.71 Å². The van der Waals surface area contributed by atoms with Gasteiger partial charge in [-0.3, -0.25) is 5.01 Å². The molecule has 1 aliphatic rings. The van der Waals surface area contributed by atoms with Gasteiger partial charge in [0.1, 0.15) is 0 Å². The molecule has 23 heavy (non-hydrogen) atoms. The molecule has 0 unspecified atom stereocenters. The number of anilines is 1. The summed E-state index contributed by atoms with van der Waals surface area (Å²) in [7, 11) is 0. The number of para-hydroxylation sites is 1. The van der Waals surface area contributed by atoms with Gasteiger partial charge in [0.2, 0.25) is 0 Å². The van der Waals surface area contributed by atoms with E-state index >= 15 is 0 Å². The first-order valence-corrected chi connectivity index (χ1v) is 8.27. The summed E-state index contributed by atoms with van der Waals surface area (Å²) in [6, 6.07) is 14.9. The fourth-order valence-corrected chi connectivity index (χ4v) is 3.29. The summed E-state index contributed by atoms with van der Waals surface area (Å²) >= 11 is 9.71. The molecule has 1 N–H and O–H groups in total. The first kappa shape index (κ1) is 16.0. The molecule has 6 heteroatoms. The molecule has 4 nitrogen and oxygen atoms in total. The second-order valence-electron chi connectivity index (χ2n) is 5.37. The Morgan fingerprint density at radius 3 is 2.48 bits per heavy atom. The Morgan fingerprint density at radius 1 is 1.22 bits per heavy atom. The van der Waals surface area contributed by atoms with Gasteiger partial charge in [0.25, 0.3) is 0 Å². The number of aliphatic carboxylic acids is 1. The van der Waals surface area contributed by atoms with Gasteiger partial charge in [-0.1, -0.05) is 58.7 Å². The number of hydrogen-bond donors (Lipinski definition) is 1. The molecule has 2 aromatic carbocycles. The van der Waals surface area contributed by atoms with Crippen molar-refractivity contribution in [3.05, 3.63) is 63.6 Å². The van der Waals surface area contributed by atoms with Gasteiger partial charge in [0.05, 0.1) is 16.8 Å². The maximum absolute atomic E-state index is 11.5. The molecule has 1 aliphatic heterocycles. The number of rotatable bonds is 3. The van der Waals surface area contributed by atoms with Crippen molar-refractivity contribution in [3.63, 3.8) is 0 Å². The molecule has 0 saturated heterocycles.